The predicted molar refractivity (Wildman–Crippen MR) is 274 cm³/mol. The van der Waals surface area contributed by atoms with E-state index in [4.69, 9.17) is 0 Å². The molecule has 4 aromatic heterocycles. The Balaban J connectivity index is 1.04. The van der Waals surface area contributed by atoms with E-state index in [-0.39, 0.29) is 5.41 Å². The number of nitrogens with zero attached hydrogens (tertiary/aromatic N) is 3. The Hall–Kier alpha value is -7.44. The van der Waals surface area contributed by atoms with Gasteiger partial charge in [0.2, 0.25) is 0 Å². The first-order valence-electron chi connectivity index (χ1n) is 22.5. The maximum atomic E-state index is 2.58. The van der Waals surface area contributed by atoms with Crippen molar-refractivity contribution in [1.82, 2.24) is 9.13 Å². The molecule has 0 unspecified atom stereocenters. The monoisotopic (exact) mass is 865 g/mol. The SMILES string of the molecule is CC1(C)c2ccccc2-c2ccc(N3c4ccccc4C4(c5cc6c(cc53)c3ccccc3n6-c3cccc(-n5c6ccccc6c6ccccc65)c3)c3ccsc3-c3sccc34)cc21. The largest absolute Gasteiger partial charge is 0.310 e. The zero-order valence-electron chi connectivity index (χ0n) is 35.7. The summed E-state index contributed by atoms with van der Waals surface area (Å²) in [6.45, 7) is 4.77. The fourth-order valence-electron chi connectivity index (χ4n) is 12.4. The molecule has 0 saturated heterocycles. The fourth-order valence-corrected chi connectivity index (χ4v) is 14.5. The van der Waals surface area contributed by atoms with Crippen molar-refractivity contribution in [3.8, 4) is 32.3 Å². The number of para-hydroxylation sites is 4. The highest BCUT2D eigenvalue weighted by Crippen LogP contribution is 2.66. The molecule has 0 saturated carbocycles. The third kappa shape index (κ3) is 4.45. The molecule has 8 aromatic carbocycles. The number of fused-ring (bicyclic) bond motifs is 18. The van der Waals surface area contributed by atoms with E-state index in [1.807, 2.05) is 22.7 Å². The first kappa shape index (κ1) is 36.0. The summed E-state index contributed by atoms with van der Waals surface area (Å²) >= 11 is 3.76. The number of benzene rings is 8. The van der Waals surface area contributed by atoms with E-state index in [0.717, 1.165) is 11.4 Å². The summed E-state index contributed by atoms with van der Waals surface area (Å²) in [5, 5.41) is 9.62. The standard InChI is InChI=1S/C60H39N3S2/c1-59(2)45-20-7-3-16-39(45)40-27-26-38(33-49(40)59)63-54-25-12-8-21-46(54)60(47-28-30-64-57(47)58-48(60)29-31-65-58)50-35-55-44(34-56(50)63)43-19-6-11-24-53(43)62(55)37-15-13-14-36(32-37)61-51-22-9-4-17-41(51)42-18-5-10-23-52(42)61/h3-35H,1-2H3. The number of hydrogen-bond acceptors (Lipinski definition) is 3. The summed E-state index contributed by atoms with van der Waals surface area (Å²) in [6, 6.07) is 71.1. The lowest BCUT2D eigenvalue weighted by molar-refractivity contribution is 0.660. The van der Waals surface area contributed by atoms with Crippen LogP contribution < -0.4 is 4.90 Å². The molecule has 2 aliphatic carbocycles. The summed E-state index contributed by atoms with van der Waals surface area (Å²) in [5.74, 6) is 0. The lowest BCUT2D eigenvalue weighted by Gasteiger charge is -2.44. The van der Waals surface area contributed by atoms with Crippen molar-refractivity contribution in [1.29, 1.82) is 0 Å². The Morgan fingerprint density at radius 1 is 0.354 bits per heavy atom. The molecule has 0 atom stereocenters. The Bertz CT molecular complexity index is 3930. The molecule has 3 aliphatic rings. The van der Waals surface area contributed by atoms with Crippen molar-refractivity contribution in [2.24, 2.45) is 0 Å². The highest BCUT2D eigenvalue weighted by Gasteiger charge is 2.53. The van der Waals surface area contributed by atoms with Gasteiger partial charge in [0.15, 0.2) is 0 Å². The van der Waals surface area contributed by atoms with Crippen LogP contribution in [-0.4, -0.2) is 9.13 Å². The molecule has 306 valence electrons. The maximum Gasteiger partial charge on any atom is 0.0771 e. The molecule has 1 aliphatic heterocycles. The lowest BCUT2D eigenvalue weighted by atomic mass is 9.65. The van der Waals surface area contributed by atoms with Gasteiger partial charge in [0, 0.05) is 53.8 Å². The number of anilines is 3. The highest BCUT2D eigenvalue weighted by atomic mass is 32.1. The van der Waals surface area contributed by atoms with Crippen molar-refractivity contribution in [3.05, 3.63) is 232 Å². The Labute approximate surface area is 384 Å². The molecule has 5 heteroatoms. The molecule has 12 aromatic rings. The molecule has 0 bridgehead atoms. The second kappa shape index (κ2) is 12.6. The molecule has 3 nitrogen and oxygen atoms in total. The van der Waals surface area contributed by atoms with Crippen LogP contribution in [0.3, 0.4) is 0 Å². The van der Waals surface area contributed by atoms with Gasteiger partial charge < -0.3 is 14.0 Å². The van der Waals surface area contributed by atoms with Gasteiger partial charge in [0.25, 0.3) is 0 Å². The van der Waals surface area contributed by atoms with Crippen molar-refractivity contribution >= 4 is 83.3 Å². The minimum atomic E-state index is -0.500. The van der Waals surface area contributed by atoms with Gasteiger partial charge in [-0.1, -0.05) is 123 Å². The van der Waals surface area contributed by atoms with E-state index >= 15 is 0 Å². The summed E-state index contributed by atoms with van der Waals surface area (Å²) in [5.41, 5.74) is 20.9. The molecule has 65 heavy (non-hydrogen) atoms. The predicted octanol–water partition coefficient (Wildman–Crippen LogP) is 16.5. The van der Waals surface area contributed by atoms with E-state index in [9.17, 15) is 0 Å². The lowest BCUT2D eigenvalue weighted by Crippen LogP contribution is -2.36. The fraction of sp³-hybridized carbons (Fsp3) is 0.0667. The molecule has 1 spiro atoms. The van der Waals surface area contributed by atoms with Crippen LogP contribution in [0.1, 0.15) is 47.2 Å². The van der Waals surface area contributed by atoms with Crippen molar-refractivity contribution in [3.63, 3.8) is 0 Å². The first-order chi connectivity index (χ1) is 32.0. The van der Waals surface area contributed by atoms with Crippen LogP contribution in [0.25, 0.3) is 75.9 Å². The van der Waals surface area contributed by atoms with E-state index in [1.165, 1.54) is 115 Å². The van der Waals surface area contributed by atoms with E-state index in [2.05, 4.69) is 227 Å². The van der Waals surface area contributed by atoms with Crippen LogP contribution >= 0.6 is 22.7 Å². The van der Waals surface area contributed by atoms with Crippen LogP contribution in [0.5, 0.6) is 0 Å². The molecule has 0 N–H and O–H groups in total. The molecule has 0 fully saturated rings. The van der Waals surface area contributed by atoms with Crippen molar-refractivity contribution in [2.75, 3.05) is 4.90 Å². The van der Waals surface area contributed by atoms with Gasteiger partial charge in [-0.05, 0) is 134 Å². The summed E-state index contributed by atoms with van der Waals surface area (Å²) in [4.78, 5) is 5.36. The zero-order valence-corrected chi connectivity index (χ0v) is 37.3. The summed E-state index contributed by atoms with van der Waals surface area (Å²) in [6.07, 6.45) is 0. The van der Waals surface area contributed by atoms with Crippen molar-refractivity contribution < 1.29 is 0 Å². The molecule has 15 rings (SSSR count). The average Bonchev–Trinajstić information content (AvgIpc) is 4.21. The topological polar surface area (TPSA) is 13.1 Å². The van der Waals surface area contributed by atoms with Crippen LogP contribution in [0, 0.1) is 0 Å². The van der Waals surface area contributed by atoms with Crippen molar-refractivity contribution in [2.45, 2.75) is 24.7 Å². The van der Waals surface area contributed by atoms with Gasteiger partial charge in [-0.3, -0.25) is 0 Å². The number of aromatic nitrogens is 2. The van der Waals surface area contributed by atoms with E-state index in [0.29, 0.717) is 0 Å². The van der Waals surface area contributed by atoms with Crippen LogP contribution in [0.2, 0.25) is 0 Å². The number of hydrogen-bond donors (Lipinski definition) is 0. The van der Waals surface area contributed by atoms with Gasteiger partial charge in [0.1, 0.15) is 0 Å². The quantitative estimate of drug-likeness (QED) is 0.172. The smallest absolute Gasteiger partial charge is 0.0771 e. The Morgan fingerprint density at radius 2 is 0.908 bits per heavy atom. The molecule has 5 heterocycles. The van der Waals surface area contributed by atoms with Crippen LogP contribution in [-0.2, 0) is 10.8 Å². The van der Waals surface area contributed by atoms with E-state index < -0.39 is 5.41 Å². The number of thiophene rings is 2. The highest BCUT2D eigenvalue weighted by molar-refractivity contribution is 7.21. The third-order valence-electron chi connectivity index (χ3n) is 15.1. The van der Waals surface area contributed by atoms with Gasteiger partial charge in [-0.2, -0.15) is 0 Å². The summed E-state index contributed by atoms with van der Waals surface area (Å²) < 4.78 is 4.95. The zero-order chi connectivity index (χ0) is 42.8. The minimum Gasteiger partial charge on any atom is -0.310 e. The average molecular weight is 866 g/mol. The normalized spacial score (nSPS) is 14.8. The van der Waals surface area contributed by atoms with Crippen LogP contribution in [0.4, 0.5) is 17.1 Å². The third-order valence-corrected chi connectivity index (χ3v) is 17.1. The van der Waals surface area contributed by atoms with Gasteiger partial charge in [-0.25, -0.2) is 0 Å². The minimum absolute atomic E-state index is 0.130. The first-order valence-corrected chi connectivity index (χ1v) is 24.2. The second-order valence-corrected chi connectivity index (χ2v) is 20.3. The maximum absolute atomic E-state index is 2.58. The van der Waals surface area contributed by atoms with E-state index in [1.54, 1.807) is 0 Å². The Kier molecular flexibility index (Phi) is 6.99. The summed E-state index contributed by atoms with van der Waals surface area (Å²) in [7, 11) is 0. The van der Waals surface area contributed by atoms with Crippen LogP contribution in [0.15, 0.2) is 199 Å². The molecular formula is C60H39N3S2. The van der Waals surface area contributed by atoms with Gasteiger partial charge >= 0.3 is 0 Å². The number of rotatable bonds is 3. The molecule has 0 radical (unpaired) electrons. The molecule has 0 amide bonds. The Morgan fingerprint density at radius 3 is 1.58 bits per heavy atom. The second-order valence-electron chi connectivity index (χ2n) is 18.5. The van der Waals surface area contributed by atoms with Gasteiger partial charge in [0.05, 0.1) is 38.9 Å². The van der Waals surface area contributed by atoms with Gasteiger partial charge in [-0.15, -0.1) is 22.7 Å². The molecular weight excluding hydrogens is 827 g/mol.